The van der Waals surface area contributed by atoms with Crippen LogP contribution >= 0.6 is 35.7 Å². The van der Waals surface area contributed by atoms with E-state index >= 15 is 0 Å². The number of benzene rings is 1. The van der Waals surface area contributed by atoms with Gasteiger partial charge in [0, 0.05) is 50.3 Å². The molecule has 1 atom stereocenters. The Morgan fingerprint density at radius 1 is 1.33 bits per heavy atom. The second-order valence-electron chi connectivity index (χ2n) is 8.06. The predicted octanol–water partition coefficient (Wildman–Crippen LogP) is 2.66. The molecule has 2 N–H and O–H groups in total. The van der Waals surface area contributed by atoms with E-state index in [-0.39, 0.29) is 39.7 Å². The molecule has 1 unspecified atom stereocenters. The van der Waals surface area contributed by atoms with Crippen LogP contribution in [0.4, 0.5) is 0 Å². The number of halogens is 1. The number of guanidine groups is 1. The van der Waals surface area contributed by atoms with Crippen molar-refractivity contribution in [2.75, 3.05) is 39.0 Å². The monoisotopic (exact) mass is 568 g/mol. The number of thioether (sulfide) groups is 1. The van der Waals surface area contributed by atoms with E-state index in [1.54, 1.807) is 19.2 Å². The van der Waals surface area contributed by atoms with Crippen LogP contribution in [0.5, 0.6) is 0 Å². The first kappa shape index (κ1) is 25.7. The van der Waals surface area contributed by atoms with Crippen LogP contribution in [0.25, 0.3) is 0 Å². The Hall–Kier alpha value is -0.560. The van der Waals surface area contributed by atoms with Gasteiger partial charge in [0.2, 0.25) is 10.0 Å². The van der Waals surface area contributed by atoms with Crippen LogP contribution in [-0.4, -0.2) is 69.2 Å². The van der Waals surface area contributed by atoms with E-state index in [1.807, 2.05) is 23.9 Å². The minimum absolute atomic E-state index is 0. The van der Waals surface area contributed by atoms with Gasteiger partial charge in [-0.15, -0.1) is 24.0 Å². The second-order valence-corrected chi connectivity index (χ2v) is 11.6. The number of nitrogens with one attached hydrogen (secondary N) is 2. The van der Waals surface area contributed by atoms with Crippen molar-refractivity contribution >= 4 is 51.7 Å². The average molecular weight is 569 g/mol. The highest BCUT2D eigenvalue weighted by molar-refractivity contribution is 14.0. The lowest BCUT2D eigenvalue weighted by Gasteiger charge is -2.39. The van der Waals surface area contributed by atoms with E-state index in [0.29, 0.717) is 19.7 Å². The molecule has 170 valence electrons. The van der Waals surface area contributed by atoms with Crippen LogP contribution in [0.15, 0.2) is 34.2 Å². The van der Waals surface area contributed by atoms with Gasteiger partial charge in [0.25, 0.3) is 0 Å². The Morgan fingerprint density at radius 3 is 2.67 bits per heavy atom. The van der Waals surface area contributed by atoms with Crippen LogP contribution in [-0.2, 0) is 21.3 Å². The molecule has 0 bridgehead atoms. The number of rotatable bonds is 6. The van der Waals surface area contributed by atoms with E-state index in [0.717, 1.165) is 43.2 Å². The van der Waals surface area contributed by atoms with Gasteiger partial charge in [-0.25, -0.2) is 13.1 Å². The summed E-state index contributed by atoms with van der Waals surface area (Å²) < 4.78 is 33.3. The topological polar surface area (TPSA) is 83.0 Å². The third-order valence-electron chi connectivity index (χ3n) is 5.15. The van der Waals surface area contributed by atoms with Crippen molar-refractivity contribution in [1.82, 2.24) is 14.9 Å². The molecule has 0 spiro atoms. The van der Waals surface area contributed by atoms with E-state index in [2.05, 4.69) is 33.8 Å². The standard InChI is InChI=1S/C20H32N4O3S2.HI/c1-20(2)15-24(10-12-28-20)19(21-3)22-13-16-6-8-18(9-7-16)29(25,26)23-14-17-5-4-11-27-17;/h6-9,17,23H,4-5,10-15H2,1-3H3,(H,21,22);1H. The molecule has 10 heteroatoms. The highest BCUT2D eigenvalue weighted by Crippen LogP contribution is 2.29. The molecule has 2 saturated heterocycles. The van der Waals surface area contributed by atoms with Crippen molar-refractivity contribution in [1.29, 1.82) is 0 Å². The van der Waals surface area contributed by atoms with Crippen LogP contribution < -0.4 is 10.0 Å². The number of nitrogens with zero attached hydrogens (tertiary/aromatic N) is 2. The fourth-order valence-corrected chi connectivity index (χ4v) is 5.77. The largest absolute Gasteiger partial charge is 0.377 e. The fourth-order valence-electron chi connectivity index (χ4n) is 3.59. The molecular weight excluding hydrogens is 535 g/mol. The Kier molecular flexibility index (Phi) is 9.72. The summed E-state index contributed by atoms with van der Waals surface area (Å²) >= 11 is 1.99. The predicted molar refractivity (Wildman–Crippen MR) is 134 cm³/mol. The quantitative estimate of drug-likeness (QED) is 0.312. The van der Waals surface area contributed by atoms with Gasteiger partial charge in [0.05, 0.1) is 11.0 Å². The Morgan fingerprint density at radius 2 is 2.07 bits per heavy atom. The van der Waals surface area contributed by atoms with Gasteiger partial charge in [0.15, 0.2) is 5.96 Å². The number of ether oxygens (including phenoxy) is 1. The molecule has 2 aliphatic heterocycles. The molecule has 1 aromatic rings. The molecule has 30 heavy (non-hydrogen) atoms. The molecule has 2 fully saturated rings. The zero-order valence-electron chi connectivity index (χ0n) is 17.9. The minimum atomic E-state index is -3.52. The summed E-state index contributed by atoms with van der Waals surface area (Å²) in [6.07, 6.45) is 1.88. The fraction of sp³-hybridized carbons (Fsp3) is 0.650. The van der Waals surface area contributed by atoms with Gasteiger partial charge in [-0.05, 0) is 44.4 Å². The van der Waals surface area contributed by atoms with Crippen molar-refractivity contribution in [3.63, 3.8) is 0 Å². The molecule has 2 heterocycles. The van der Waals surface area contributed by atoms with Gasteiger partial charge in [-0.1, -0.05) is 12.1 Å². The summed E-state index contributed by atoms with van der Waals surface area (Å²) in [6, 6.07) is 6.99. The highest BCUT2D eigenvalue weighted by Gasteiger charge is 2.28. The lowest BCUT2D eigenvalue weighted by Crippen LogP contribution is -2.50. The second kappa shape index (κ2) is 11.3. The summed E-state index contributed by atoms with van der Waals surface area (Å²) in [5.41, 5.74) is 1.01. The van der Waals surface area contributed by atoms with Crippen LogP contribution in [0.2, 0.25) is 0 Å². The van der Waals surface area contributed by atoms with Gasteiger partial charge in [0.1, 0.15) is 0 Å². The molecule has 0 amide bonds. The Bertz CT molecular complexity index is 810. The lowest BCUT2D eigenvalue weighted by atomic mass is 10.2. The summed E-state index contributed by atoms with van der Waals surface area (Å²) in [5, 5.41) is 3.40. The van der Waals surface area contributed by atoms with Crippen LogP contribution in [0.3, 0.4) is 0 Å². The maximum atomic E-state index is 12.5. The number of hydrogen-bond donors (Lipinski definition) is 2. The van der Waals surface area contributed by atoms with Gasteiger partial charge < -0.3 is 15.0 Å². The van der Waals surface area contributed by atoms with Crippen molar-refractivity contribution < 1.29 is 13.2 Å². The molecule has 3 rings (SSSR count). The highest BCUT2D eigenvalue weighted by atomic mass is 127. The summed E-state index contributed by atoms with van der Waals surface area (Å²) in [5.74, 6) is 1.97. The smallest absolute Gasteiger partial charge is 0.240 e. The summed E-state index contributed by atoms with van der Waals surface area (Å²) in [4.78, 5) is 6.97. The third kappa shape index (κ3) is 7.25. The van der Waals surface area contributed by atoms with E-state index in [9.17, 15) is 8.42 Å². The molecule has 1 aromatic carbocycles. The van der Waals surface area contributed by atoms with Crippen molar-refractivity contribution in [3.05, 3.63) is 29.8 Å². The van der Waals surface area contributed by atoms with E-state index in [1.165, 1.54) is 0 Å². The van der Waals surface area contributed by atoms with Crippen molar-refractivity contribution in [3.8, 4) is 0 Å². The van der Waals surface area contributed by atoms with Crippen LogP contribution in [0, 0.1) is 0 Å². The minimum Gasteiger partial charge on any atom is -0.377 e. The molecular formula is C20H33IN4O3S2. The number of hydrogen-bond acceptors (Lipinski definition) is 5. The maximum Gasteiger partial charge on any atom is 0.240 e. The molecule has 0 radical (unpaired) electrons. The van der Waals surface area contributed by atoms with Gasteiger partial charge >= 0.3 is 0 Å². The van der Waals surface area contributed by atoms with E-state index < -0.39 is 10.0 Å². The molecule has 0 aromatic heterocycles. The SMILES string of the molecule is CN=C(NCc1ccc(S(=O)(=O)NCC2CCCO2)cc1)N1CCSC(C)(C)C1.I. The zero-order chi connectivity index (χ0) is 20.9. The number of sulfonamides is 1. The maximum absolute atomic E-state index is 12.5. The third-order valence-corrected chi connectivity index (χ3v) is 7.88. The molecule has 0 saturated carbocycles. The zero-order valence-corrected chi connectivity index (χ0v) is 21.9. The molecule has 7 nitrogen and oxygen atoms in total. The van der Waals surface area contributed by atoms with Crippen molar-refractivity contribution in [2.45, 2.75) is 49.0 Å². The van der Waals surface area contributed by atoms with E-state index in [4.69, 9.17) is 4.74 Å². The van der Waals surface area contributed by atoms with Gasteiger partial charge in [-0.2, -0.15) is 11.8 Å². The summed E-state index contributed by atoms with van der Waals surface area (Å²) in [7, 11) is -1.72. The summed E-state index contributed by atoms with van der Waals surface area (Å²) in [6.45, 7) is 8.07. The Labute approximate surface area is 201 Å². The average Bonchev–Trinajstić information content (AvgIpc) is 3.20. The van der Waals surface area contributed by atoms with Crippen molar-refractivity contribution in [2.24, 2.45) is 4.99 Å². The lowest BCUT2D eigenvalue weighted by molar-refractivity contribution is 0.114. The first-order valence-electron chi connectivity index (χ1n) is 10.1. The first-order chi connectivity index (χ1) is 13.8. The number of aliphatic imine (C=N–C) groups is 1. The molecule has 2 aliphatic rings. The van der Waals surface area contributed by atoms with Gasteiger partial charge in [-0.3, -0.25) is 4.99 Å². The Balaban J connectivity index is 0.00000320. The normalized spacial score (nSPS) is 21.9. The molecule has 0 aliphatic carbocycles. The van der Waals surface area contributed by atoms with Crippen LogP contribution in [0.1, 0.15) is 32.3 Å². The first-order valence-corrected chi connectivity index (χ1v) is 12.6.